The molecule has 0 bridgehead atoms. The Hall–Kier alpha value is -0.140. The van der Waals surface area contributed by atoms with E-state index in [9.17, 15) is 0 Å². The van der Waals surface area contributed by atoms with Crippen molar-refractivity contribution in [2.45, 2.75) is 0 Å². The second kappa shape index (κ2) is 2.00. The maximum Gasteiger partial charge on any atom is 0.110 e. The highest BCUT2D eigenvalue weighted by molar-refractivity contribution is 6.34. The van der Waals surface area contributed by atoms with Crippen LogP contribution in [0.5, 0.6) is 0 Å². The highest BCUT2D eigenvalue weighted by Gasteiger charge is 1.95. The Balaban J connectivity index is 3.14. The summed E-state index contributed by atoms with van der Waals surface area (Å²) in [5.41, 5.74) is 0. The molecule has 0 aromatic carbocycles. The first-order valence-electron chi connectivity index (χ1n) is 2.10. The maximum atomic E-state index is 5.58. The van der Waals surface area contributed by atoms with E-state index < -0.39 is 0 Å². The molecular weight excluding hydrogens is 145 g/mol. The second-order valence-electron chi connectivity index (χ2n) is 1.49. The summed E-state index contributed by atoms with van der Waals surface area (Å²) in [5.74, 6) is 0. The first kappa shape index (κ1) is 5.99. The molecule has 0 saturated carbocycles. The highest BCUT2D eigenvalue weighted by atomic mass is 35.5. The van der Waals surface area contributed by atoms with E-state index in [4.69, 9.17) is 23.2 Å². The number of halogens is 2. The molecule has 1 rings (SSSR count). The third-order valence-electron chi connectivity index (χ3n) is 0.841. The molecule has 0 atom stereocenters. The number of rotatable bonds is 0. The molecule has 0 unspecified atom stereocenters. The van der Waals surface area contributed by atoms with Crippen LogP contribution in [0.1, 0.15) is 0 Å². The molecule has 1 heterocycles. The number of hydrogen-bond donors (Lipinski definition) is 0. The monoisotopic (exact) mass is 148 g/mol. The van der Waals surface area contributed by atoms with Crippen LogP contribution < -0.4 is 0 Å². The molecule has 0 N–H and O–H groups in total. The Morgan fingerprint density at radius 2 is 2.25 bits per heavy atom. The fourth-order valence-electron chi connectivity index (χ4n) is 0.447. The van der Waals surface area contributed by atoms with Crippen molar-refractivity contribution in [1.82, 2.24) is 4.57 Å². The van der Waals surface area contributed by atoms with Crippen molar-refractivity contribution in [2.75, 3.05) is 0 Å². The predicted octanol–water partition coefficient (Wildman–Crippen LogP) is 2.13. The van der Waals surface area contributed by atoms with Crippen molar-refractivity contribution < 1.29 is 0 Å². The third-order valence-corrected chi connectivity index (χ3v) is 1.40. The van der Waals surface area contributed by atoms with E-state index in [1.165, 1.54) is 0 Å². The summed E-state index contributed by atoms with van der Waals surface area (Å²) < 4.78 is 1.63. The van der Waals surface area contributed by atoms with Gasteiger partial charge in [0, 0.05) is 7.05 Å². The fraction of sp³-hybridized carbons (Fsp3) is 0.200. The molecule has 0 spiro atoms. The lowest BCUT2D eigenvalue weighted by molar-refractivity contribution is 0.920. The smallest absolute Gasteiger partial charge is 0.110 e. The summed E-state index contributed by atoms with van der Waals surface area (Å²) >= 11 is 11.1. The molecule has 43 valence electrons. The van der Waals surface area contributed by atoms with Crippen molar-refractivity contribution in [3.8, 4) is 0 Å². The lowest BCUT2D eigenvalue weighted by Gasteiger charge is -1.85. The molecule has 0 amide bonds. The highest BCUT2D eigenvalue weighted by Crippen LogP contribution is 2.15. The van der Waals surface area contributed by atoms with Gasteiger partial charge >= 0.3 is 0 Å². The predicted molar refractivity (Wildman–Crippen MR) is 34.3 cm³/mol. The first-order valence-corrected chi connectivity index (χ1v) is 2.86. The van der Waals surface area contributed by atoms with Gasteiger partial charge in [-0.2, -0.15) is 0 Å². The van der Waals surface area contributed by atoms with Gasteiger partial charge in [-0.05, 0) is 6.07 Å². The number of aryl methyl sites for hydroxylation is 1. The number of nitrogens with zero attached hydrogens (tertiary/aromatic N) is 1. The van der Waals surface area contributed by atoms with E-state index in [1.54, 1.807) is 17.7 Å². The van der Waals surface area contributed by atoms with Crippen LogP contribution in [0, 0.1) is 6.20 Å². The summed E-state index contributed by atoms with van der Waals surface area (Å²) in [6, 6.07) is 1.64. The van der Waals surface area contributed by atoms with Gasteiger partial charge < -0.3 is 4.57 Å². The van der Waals surface area contributed by atoms with Gasteiger partial charge in [-0.15, -0.1) is 0 Å². The van der Waals surface area contributed by atoms with Gasteiger partial charge in [-0.3, -0.25) is 0 Å². The van der Waals surface area contributed by atoms with Crippen LogP contribution in [-0.4, -0.2) is 4.57 Å². The van der Waals surface area contributed by atoms with Crippen molar-refractivity contribution in [3.05, 3.63) is 22.4 Å². The van der Waals surface area contributed by atoms with Gasteiger partial charge in [0.25, 0.3) is 0 Å². The molecule has 0 aliphatic carbocycles. The molecule has 1 nitrogen and oxygen atoms in total. The minimum atomic E-state index is 0.553. The van der Waals surface area contributed by atoms with E-state index in [0.717, 1.165) is 0 Å². The summed E-state index contributed by atoms with van der Waals surface area (Å²) in [6.07, 6.45) is 2.76. The standard InChI is InChI=1S/C5H4Cl2N/c1-8-3-4(6)2-5(8)7/h2H,1H3. The Morgan fingerprint density at radius 1 is 1.62 bits per heavy atom. The zero-order valence-electron chi connectivity index (χ0n) is 4.28. The van der Waals surface area contributed by atoms with Crippen molar-refractivity contribution in [1.29, 1.82) is 0 Å². The Bertz CT molecular complexity index is 173. The SMILES string of the molecule is Cn1[c]c(Cl)cc1Cl. The van der Waals surface area contributed by atoms with Crippen LogP contribution in [0.15, 0.2) is 6.07 Å². The van der Waals surface area contributed by atoms with Crippen LogP contribution in [0.2, 0.25) is 10.2 Å². The van der Waals surface area contributed by atoms with Crippen LogP contribution >= 0.6 is 23.2 Å². The molecule has 0 aliphatic rings. The zero-order chi connectivity index (χ0) is 6.15. The van der Waals surface area contributed by atoms with Crippen molar-refractivity contribution >= 4 is 23.2 Å². The fourth-order valence-corrected chi connectivity index (χ4v) is 0.885. The van der Waals surface area contributed by atoms with E-state index in [-0.39, 0.29) is 0 Å². The lowest BCUT2D eigenvalue weighted by atomic mass is 10.7. The topological polar surface area (TPSA) is 4.93 Å². The summed E-state index contributed by atoms with van der Waals surface area (Å²) in [7, 11) is 1.79. The largest absolute Gasteiger partial charge is 0.332 e. The molecular formula is C5H4Cl2N. The zero-order valence-corrected chi connectivity index (χ0v) is 5.79. The minimum absolute atomic E-state index is 0.553. The van der Waals surface area contributed by atoms with Gasteiger partial charge in [-0.1, -0.05) is 23.2 Å². The summed E-state index contributed by atoms with van der Waals surface area (Å²) in [6.45, 7) is 0. The normalized spacial score (nSPS) is 9.88. The van der Waals surface area contributed by atoms with E-state index >= 15 is 0 Å². The second-order valence-corrected chi connectivity index (χ2v) is 2.28. The summed E-state index contributed by atoms with van der Waals surface area (Å²) in [4.78, 5) is 0. The van der Waals surface area contributed by atoms with Gasteiger partial charge in [0.2, 0.25) is 0 Å². The lowest BCUT2D eigenvalue weighted by Crippen LogP contribution is -1.81. The van der Waals surface area contributed by atoms with Crippen LogP contribution in [0.4, 0.5) is 0 Å². The quantitative estimate of drug-likeness (QED) is 0.532. The molecule has 8 heavy (non-hydrogen) atoms. The molecule has 3 heteroatoms. The molecule has 1 aromatic heterocycles. The average Bonchev–Trinajstić information content (AvgIpc) is 1.85. The molecule has 1 radical (unpaired) electrons. The van der Waals surface area contributed by atoms with Crippen molar-refractivity contribution in [2.24, 2.45) is 7.05 Å². The Kier molecular flexibility index (Phi) is 1.49. The Morgan fingerprint density at radius 3 is 2.38 bits per heavy atom. The molecule has 0 fully saturated rings. The molecule has 0 aliphatic heterocycles. The maximum absolute atomic E-state index is 5.58. The molecule has 1 aromatic rings. The van der Waals surface area contributed by atoms with Gasteiger partial charge in [0.15, 0.2) is 0 Å². The number of hydrogen-bond acceptors (Lipinski definition) is 0. The van der Waals surface area contributed by atoms with E-state index in [2.05, 4.69) is 6.20 Å². The van der Waals surface area contributed by atoms with E-state index in [0.29, 0.717) is 10.2 Å². The number of aromatic nitrogens is 1. The van der Waals surface area contributed by atoms with E-state index in [1.807, 2.05) is 0 Å². The first-order chi connectivity index (χ1) is 3.70. The minimum Gasteiger partial charge on any atom is -0.332 e. The average molecular weight is 149 g/mol. The van der Waals surface area contributed by atoms with Gasteiger partial charge in [-0.25, -0.2) is 0 Å². The summed E-state index contributed by atoms with van der Waals surface area (Å²) in [5, 5.41) is 1.16. The molecule has 0 saturated heterocycles. The Labute approximate surface area is 57.8 Å². The van der Waals surface area contributed by atoms with Crippen LogP contribution in [0.3, 0.4) is 0 Å². The van der Waals surface area contributed by atoms with Gasteiger partial charge in [0.1, 0.15) is 5.15 Å². The van der Waals surface area contributed by atoms with Crippen LogP contribution in [0.25, 0.3) is 0 Å². The third kappa shape index (κ3) is 0.984. The van der Waals surface area contributed by atoms with Crippen molar-refractivity contribution in [3.63, 3.8) is 0 Å². The van der Waals surface area contributed by atoms with Crippen LogP contribution in [-0.2, 0) is 7.05 Å². The van der Waals surface area contributed by atoms with Gasteiger partial charge in [0.05, 0.1) is 11.2 Å².